The highest BCUT2D eigenvalue weighted by Crippen LogP contribution is 2.34. The van der Waals surface area contributed by atoms with E-state index in [4.69, 9.17) is 15.6 Å². The van der Waals surface area contributed by atoms with Crippen LogP contribution >= 0.6 is 0 Å². The number of aromatic nitrogens is 3. The van der Waals surface area contributed by atoms with Gasteiger partial charge in [-0.15, -0.1) is 0 Å². The van der Waals surface area contributed by atoms with Crippen LogP contribution in [0.4, 0.5) is 5.69 Å². The van der Waals surface area contributed by atoms with E-state index in [1.165, 1.54) is 7.11 Å². The molecule has 0 saturated heterocycles. The minimum absolute atomic E-state index is 0.117. The second-order valence-corrected chi connectivity index (χ2v) is 5.83. The molecular formula is C11H10N6O6S. The fourth-order valence-corrected chi connectivity index (χ4v) is 2.63. The largest absolute Gasteiger partial charge is 0.467 e. The van der Waals surface area contributed by atoms with Crippen LogP contribution in [-0.4, -0.2) is 41.3 Å². The van der Waals surface area contributed by atoms with Gasteiger partial charge in [0.2, 0.25) is 10.0 Å². The first-order valence-corrected chi connectivity index (χ1v) is 7.58. The summed E-state index contributed by atoms with van der Waals surface area (Å²) in [6.45, 7) is 0. The molecule has 1 heterocycles. The fourth-order valence-electron chi connectivity index (χ4n) is 1.93. The number of amides is 1. The molecule has 0 spiro atoms. The summed E-state index contributed by atoms with van der Waals surface area (Å²) in [5.74, 6) is -1.42. The van der Waals surface area contributed by atoms with Crippen LogP contribution in [-0.2, 0) is 10.0 Å². The van der Waals surface area contributed by atoms with E-state index in [2.05, 4.69) is 15.0 Å². The second kappa shape index (κ2) is 6.13. The Morgan fingerprint density at radius 3 is 2.50 bits per heavy atom. The van der Waals surface area contributed by atoms with Gasteiger partial charge in [-0.05, 0) is 12.1 Å². The van der Waals surface area contributed by atoms with Crippen molar-refractivity contribution in [2.45, 2.75) is 4.90 Å². The highest BCUT2D eigenvalue weighted by atomic mass is 32.2. The first-order valence-electron chi connectivity index (χ1n) is 6.04. The van der Waals surface area contributed by atoms with E-state index in [-0.39, 0.29) is 17.4 Å². The molecule has 2 rings (SSSR count). The number of primary amides is 1. The summed E-state index contributed by atoms with van der Waals surface area (Å²) in [7, 11) is -3.20. The Kier molecular flexibility index (Phi) is 4.39. The summed E-state index contributed by atoms with van der Waals surface area (Å²) in [5.41, 5.74) is 3.28. The maximum Gasteiger partial charge on any atom is 0.319 e. The molecule has 12 nitrogen and oxygen atoms in total. The van der Waals surface area contributed by atoms with Crippen molar-refractivity contribution in [1.29, 1.82) is 0 Å². The molecule has 24 heavy (non-hydrogen) atoms. The summed E-state index contributed by atoms with van der Waals surface area (Å²) >= 11 is 0. The van der Waals surface area contributed by atoms with Gasteiger partial charge >= 0.3 is 11.7 Å². The van der Waals surface area contributed by atoms with E-state index >= 15 is 0 Å². The lowest BCUT2D eigenvalue weighted by Crippen LogP contribution is -2.20. The average molecular weight is 354 g/mol. The number of nitro benzene ring substituents is 1. The number of primary sulfonamides is 1. The minimum atomic E-state index is -4.47. The second-order valence-electron chi connectivity index (χ2n) is 4.30. The van der Waals surface area contributed by atoms with Crippen molar-refractivity contribution in [2.75, 3.05) is 7.11 Å². The maximum absolute atomic E-state index is 11.7. The molecule has 2 aromatic rings. The molecule has 126 valence electrons. The molecule has 0 saturated carbocycles. The van der Waals surface area contributed by atoms with Crippen molar-refractivity contribution < 1.29 is 22.9 Å². The lowest BCUT2D eigenvalue weighted by atomic mass is 10.0. The smallest absolute Gasteiger partial charge is 0.319 e. The van der Waals surface area contributed by atoms with E-state index < -0.39 is 37.0 Å². The number of hydrogen-bond acceptors (Lipinski definition) is 9. The molecule has 0 aliphatic rings. The van der Waals surface area contributed by atoms with Crippen molar-refractivity contribution in [3.63, 3.8) is 0 Å². The highest BCUT2D eigenvalue weighted by Gasteiger charge is 2.33. The zero-order valence-corrected chi connectivity index (χ0v) is 12.8. The van der Waals surface area contributed by atoms with Crippen LogP contribution in [0.25, 0.3) is 11.4 Å². The summed E-state index contributed by atoms with van der Waals surface area (Å²) in [4.78, 5) is 32.4. The van der Waals surface area contributed by atoms with Gasteiger partial charge in [0.15, 0.2) is 10.7 Å². The molecule has 0 radical (unpaired) electrons. The zero-order valence-electron chi connectivity index (χ0n) is 12.0. The molecule has 1 aromatic heterocycles. The normalized spacial score (nSPS) is 11.1. The first-order chi connectivity index (χ1) is 11.2. The number of sulfonamides is 1. The quantitative estimate of drug-likeness (QED) is 0.510. The van der Waals surface area contributed by atoms with E-state index in [1.807, 2.05) is 0 Å². The summed E-state index contributed by atoms with van der Waals surface area (Å²) in [6.07, 6.45) is 1.05. The number of nitrogens with two attached hydrogens (primary N) is 2. The molecule has 1 amide bonds. The van der Waals surface area contributed by atoms with Gasteiger partial charge in [0, 0.05) is 5.56 Å². The van der Waals surface area contributed by atoms with Gasteiger partial charge < -0.3 is 10.5 Å². The highest BCUT2D eigenvalue weighted by molar-refractivity contribution is 7.89. The van der Waals surface area contributed by atoms with Gasteiger partial charge in [0.25, 0.3) is 5.91 Å². The van der Waals surface area contributed by atoms with Crippen LogP contribution in [0.3, 0.4) is 0 Å². The molecule has 0 atom stereocenters. The third-order valence-corrected chi connectivity index (χ3v) is 3.79. The Labute approximate surface area is 134 Å². The van der Waals surface area contributed by atoms with Crippen LogP contribution in [0.2, 0.25) is 0 Å². The van der Waals surface area contributed by atoms with E-state index in [0.29, 0.717) is 0 Å². The van der Waals surface area contributed by atoms with Crippen LogP contribution in [0.5, 0.6) is 6.01 Å². The average Bonchev–Trinajstić information content (AvgIpc) is 2.52. The van der Waals surface area contributed by atoms with Gasteiger partial charge in [-0.1, -0.05) is 0 Å². The number of nitrogens with zero attached hydrogens (tertiary/aromatic N) is 4. The molecule has 1 aromatic carbocycles. The van der Waals surface area contributed by atoms with E-state index in [9.17, 15) is 23.3 Å². The van der Waals surface area contributed by atoms with Crippen LogP contribution < -0.4 is 15.6 Å². The molecule has 13 heteroatoms. The zero-order chi connectivity index (χ0) is 18.1. The standard InChI is InChI=1S/C11H10N6O6S/c1-23-11-15-4-14-10(16-11)5-2-3-6(24(13,21)22)8(17(19)20)7(5)9(12)18/h2-4H,1H3,(H2,12,18)(H2,13,21,22). The van der Waals surface area contributed by atoms with Gasteiger partial charge in [-0.2, -0.15) is 9.97 Å². The third-order valence-electron chi connectivity index (χ3n) is 2.85. The number of benzene rings is 1. The Morgan fingerprint density at radius 1 is 1.33 bits per heavy atom. The monoisotopic (exact) mass is 354 g/mol. The van der Waals surface area contributed by atoms with Crippen LogP contribution in [0.15, 0.2) is 23.4 Å². The molecular weight excluding hydrogens is 344 g/mol. The first kappa shape index (κ1) is 17.2. The van der Waals surface area contributed by atoms with Crippen molar-refractivity contribution in [3.8, 4) is 17.4 Å². The van der Waals surface area contributed by atoms with Gasteiger partial charge in [-0.3, -0.25) is 14.9 Å². The summed E-state index contributed by atoms with van der Waals surface area (Å²) in [6, 6.07) is 1.83. The number of ether oxygens (including phenoxy) is 1. The molecule has 0 bridgehead atoms. The predicted molar refractivity (Wildman–Crippen MR) is 78.4 cm³/mol. The van der Waals surface area contributed by atoms with E-state index in [1.54, 1.807) is 0 Å². The maximum atomic E-state index is 11.7. The predicted octanol–water partition coefficient (Wildman–Crippen LogP) is -0.798. The van der Waals surface area contributed by atoms with Gasteiger partial charge in [-0.25, -0.2) is 18.5 Å². The summed E-state index contributed by atoms with van der Waals surface area (Å²) < 4.78 is 27.9. The molecule has 0 aliphatic carbocycles. The number of carbonyl (C=O) groups is 1. The van der Waals surface area contributed by atoms with Crippen molar-refractivity contribution in [1.82, 2.24) is 15.0 Å². The van der Waals surface area contributed by atoms with Gasteiger partial charge in [0.05, 0.1) is 12.0 Å². The Hall–Kier alpha value is -3.19. The van der Waals surface area contributed by atoms with Crippen molar-refractivity contribution >= 4 is 21.6 Å². The number of carbonyl (C=O) groups excluding carboxylic acids is 1. The Morgan fingerprint density at radius 2 is 2.00 bits per heavy atom. The molecule has 0 fully saturated rings. The van der Waals surface area contributed by atoms with E-state index in [0.717, 1.165) is 18.5 Å². The fraction of sp³-hybridized carbons (Fsp3) is 0.0909. The third kappa shape index (κ3) is 3.11. The number of methoxy groups -OCH3 is 1. The SMILES string of the molecule is COc1ncnc(-c2ccc(S(N)(=O)=O)c([N+](=O)[O-])c2C(N)=O)n1. The van der Waals surface area contributed by atoms with Gasteiger partial charge in [0.1, 0.15) is 11.9 Å². The number of rotatable bonds is 5. The molecule has 4 N–H and O–H groups in total. The van der Waals surface area contributed by atoms with Crippen LogP contribution in [0.1, 0.15) is 10.4 Å². The number of nitro groups is 1. The van der Waals surface area contributed by atoms with Crippen molar-refractivity contribution in [3.05, 3.63) is 34.1 Å². The molecule has 0 aliphatic heterocycles. The summed E-state index contributed by atoms with van der Waals surface area (Å²) in [5, 5.41) is 16.3. The topological polar surface area (TPSA) is 194 Å². The Balaban J connectivity index is 2.90. The van der Waals surface area contributed by atoms with Crippen LogP contribution in [0, 0.1) is 10.1 Å². The van der Waals surface area contributed by atoms with Crippen molar-refractivity contribution in [2.24, 2.45) is 10.9 Å². The molecule has 0 unspecified atom stereocenters. The lowest BCUT2D eigenvalue weighted by molar-refractivity contribution is -0.388. The Bertz CT molecular complexity index is 944. The lowest BCUT2D eigenvalue weighted by Gasteiger charge is -2.09. The minimum Gasteiger partial charge on any atom is -0.467 e. The number of hydrogen-bond donors (Lipinski definition) is 2.